The van der Waals surface area contributed by atoms with Crippen LogP contribution in [-0.4, -0.2) is 6.61 Å². The van der Waals surface area contributed by atoms with Gasteiger partial charge in [0, 0.05) is 11.0 Å². The fourth-order valence-electron chi connectivity index (χ4n) is 1.90. The Hall–Kier alpha value is -2.31. The Morgan fingerprint density at radius 3 is 2.55 bits per heavy atom. The summed E-state index contributed by atoms with van der Waals surface area (Å²) < 4.78 is 18.8. The van der Waals surface area contributed by atoms with Gasteiger partial charge in [0.2, 0.25) is 0 Å². The largest absolute Gasteiger partial charge is 0.396 e. The first-order valence-electron chi connectivity index (χ1n) is 7.16. The minimum Gasteiger partial charge on any atom is -0.396 e. The molecule has 0 aromatic heterocycles. The lowest BCUT2D eigenvalue weighted by atomic mass is 9.95. The molecule has 0 bridgehead atoms. The van der Waals surface area contributed by atoms with Gasteiger partial charge >= 0.3 is 0 Å². The van der Waals surface area contributed by atoms with E-state index in [1.807, 2.05) is 44.2 Å². The zero-order valence-electron chi connectivity index (χ0n) is 12.9. The standard InChI is InChI=1S/C19H20FNO/c1-19(2,14-22-13-16-6-4-3-5-7-16)11-10-15-8-9-17(20)18(21)12-15/h3-9,12H,13-14,21H2,1-2H3. The molecule has 0 amide bonds. The number of hydrogen-bond donors (Lipinski definition) is 1. The highest BCUT2D eigenvalue weighted by molar-refractivity contribution is 5.48. The third-order valence-corrected chi connectivity index (χ3v) is 3.12. The van der Waals surface area contributed by atoms with E-state index in [0.29, 0.717) is 18.8 Å². The first kappa shape index (κ1) is 16.1. The zero-order valence-corrected chi connectivity index (χ0v) is 12.9. The van der Waals surface area contributed by atoms with Crippen molar-refractivity contribution in [2.24, 2.45) is 5.41 Å². The second-order valence-electron chi connectivity index (χ2n) is 5.85. The summed E-state index contributed by atoms with van der Waals surface area (Å²) >= 11 is 0. The van der Waals surface area contributed by atoms with Gasteiger partial charge in [0.15, 0.2) is 0 Å². The Labute approximate surface area is 131 Å². The van der Waals surface area contributed by atoms with Crippen LogP contribution in [0, 0.1) is 23.1 Å². The molecule has 0 atom stereocenters. The molecule has 2 rings (SSSR count). The first-order chi connectivity index (χ1) is 10.5. The molecule has 0 aliphatic rings. The summed E-state index contributed by atoms with van der Waals surface area (Å²) in [4.78, 5) is 0. The summed E-state index contributed by atoms with van der Waals surface area (Å²) in [7, 11) is 0. The summed E-state index contributed by atoms with van der Waals surface area (Å²) in [5, 5.41) is 0. The number of halogens is 1. The Balaban J connectivity index is 1.93. The van der Waals surface area contributed by atoms with Gasteiger partial charge in [0.05, 0.1) is 18.9 Å². The van der Waals surface area contributed by atoms with E-state index < -0.39 is 5.82 Å². The number of nitrogen functional groups attached to an aromatic ring is 1. The van der Waals surface area contributed by atoms with Crippen LogP contribution in [0.15, 0.2) is 48.5 Å². The predicted molar refractivity (Wildman–Crippen MR) is 87.6 cm³/mol. The average molecular weight is 297 g/mol. The molecule has 0 aliphatic carbocycles. The van der Waals surface area contributed by atoms with Gasteiger partial charge in [-0.1, -0.05) is 42.2 Å². The van der Waals surface area contributed by atoms with Crippen LogP contribution < -0.4 is 5.73 Å². The quantitative estimate of drug-likeness (QED) is 0.684. The molecule has 0 spiro atoms. The van der Waals surface area contributed by atoms with Crippen LogP contribution in [0.4, 0.5) is 10.1 Å². The van der Waals surface area contributed by atoms with Gasteiger partial charge in [-0.05, 0) is 37.6 Å². The Bertz CT molecular complexity index is 684. The van der Waals surface area contributed by atoms with Gasteiger partial charge in [0.1, 0.15) is 5.82 Å². The van der Waals surface area contributed by atoms with Crippen molar-refractivity contribution in [3.05, 3.63) is 65.5 Å². The monoisotopic (exact) mass is 297 g/mol. The minimum absolute atomic E-state index is 0.116. The fraction of sp³-hybridized carbons (Fsp3) is 0.263. The maximum Gasteiger partial charge on any atom is 0.146 e. The van der Waals surface area contributed by atoms with Crippen molar-refractivity contribution in [1.29, 1.82) is 0 Å². The molecule has 2 aromatic carbocycles. The van der Waals surface area contributed by atoms with Crippen LogP contribution in [0.3, 0.4) is 0 Å². The lowest BCUT2D eigenvalue weighted by molar-refractivity contribution is 0.0753. The molecule has 114 valence electrons. The lowest BCUT2D eigenvalue weighted by Crippen LogP contribution is -2.17. The molecular formula is C19H20FNO. The highest BCUT2D eigenvalue weighted by atomic mass is 19.1. The maximum atomic E-state index is 13.1. The molecule has 0 saturated carbocycles. The van der Waals surface area contributed by atoms with E-state index in [4.69, 9.17) is 10.5 Å². The second kappa shape index (κ2) is 7.11. The van der Waals surface area contributed by atoms with E-state index in [9.17, 15) is 4.39 Å². The zero-order chi connectivity index (χ0) is 16.0. The lowest BCUT2D eigenvalue weighted by Gasteiger charge is -2.17. The van der Waals surface area contributed by atoms with E-state index >= 15 is 0 Å². The van der Waals surface area contributed by atoms with E-state index in [1.54, 1.807) is 12.1 Å². The Kier molecular flexibility index (Phi) is 5.19. The third kappa shape index (κ3) is 4.91. The van der Waals surface area contributed by atoms with E-state index in [2.05, 4.69) is 11.8 Å². The second-order valence-corrected chi connectivity index (χ2v) is 5.85. The molecule has 0 unspecified atom stereocenters. The smallest absolute Gasteiger partial charge is 0.146 e. The maximum absolute atomic E-state index is 13.1. The molecule has 0 radical (unpaired) electrons. The number of anilines is 1. The molecule has 0 saturated heterocycles. The van der Waals surface area contributed by atoms with Gasteiger partial charge in [-0.25, -0.2) is 4.39 Å². The van der Waals surface area contributed by atoms with Crippen molar-refractivity contribution in [1.82, 2.24) is 0 Å². The summed E-state index contributed by atoms with van der Waals surface area (Å²) in [6, 6.07) is 14.5. The number of rotatable bonds is 4. The summed E-state index contributed by atoms with van der Waals surface area (Å²) in [6.45, 7) is 5.11. The van der Waals surface area contributed by atoms with Crippen molar-refractivity contribution in [3.63, 3.8) is 0 Å². The molecule has 2 nitrogen and oxygen atoms in total. The Morgan fingerprint density at radius 1 is 1.14 bits per heavy atom. The highest BCUT2D eigenvalue weighted by Crippen LogP contribution is 2.16. The number of nitrogens with two attached hydrogens (primary N) is 1. The molecule has 0 fully saturated rings. The molecular weight excluding hydrogens is 277 g/mol. The molecule has 3 heteroatoms. The van der Waals surface area contributed by atoms with Crippen molar-refractivity contribution >= 4 is 5.69 Å². The van der Waals surface area contributed by atoms with Crippen LogP contribution in [-0.2, 0) is 11.3 Å². The normalized spacial score (nSPS) is 10.9. The molecule has 22 heavy (non-hydrogen) atoms. The molecule has 0 heterocycles. The summed E-state index contributed by atoms with van der Waals surface area (Å²) in [5.41, 5.74) is 7.20. The van der Waals surface area contributed by atoms with Crippen LogP contribution in [0.25, 0.3) is 0 Å². The average Bonchev–Trinajstić information content (AvgIpc) is 2.49. The van der Waals surface area contributed by atoms with E-state index in [0.717, 1.165) is 5.56 Å². The number of ether oxygens (including phenoxy) is 1. The van der Waals surface area contributed by atoms with Crippen molar-refractivity contribution in [3.8, 4) is 11.8 Å². The molecule has 0 aliphatic heterocycles. The number of benzene rings is 2. The summed E-state index contributed by atoms with van der Waals surface area (Å²) in [6.07, 6.45) is 0. The first-order valence-corrected chi connectivity index (χ1v) is 7.16. The van der Waals surface area contributed by atoms with Gasteiger partial charge < -0.3 is 10.5 Å². The van der Waals surface area contributed by atoms with Crippen LogP contribution >= 0.6 is 0 Å². The van der Waals surface area contributed by atoms with Gasteiger partial charge in [-0.15, -0.1) is 0 Å². The van der Waals surface area contributed by atoms with Crippen molar-refractivity contribution in [2.75, 3.05) is 12.3 Å². The predicted octanol–water partition coefficient (Wildman–Crippen LogP) is 4.00. The highest BCUT2D eigenvalue weighted by Gasteiger charge is 2.14. The third-order valence-electron chi connectivity index (χ3n) is 3.12. The molecule has 2 aromatic rings. The summed E-state index contributed by atoms with van der Waals surface area (Å²) in [5.74, 6) is 5.76. The fourth-order valence-corrected chi connectivity index (χ4v) is 1.90. The van der Waals surface area contributed by atoms with E-state index in [-0.39, 0.29) is 11.1 Å². The van der Waals surface area contributed by atoms with Gasteiger partial charge in [0.25, 0.3) is 0 Å². The van der Waals surface area contributed by atoms with Gasteiger partial charge in [-0.2, -0.15) is 0 Å². The van der Waals surface area contributed by atoms with E-state index in [1.165, 1.54) is 6.07 Å². The van der Waals surface area contributed by atoms with Gasteiger partial charge in [-0.3, -0.25) is 0 Å². The van der Waals surface area contributed by atoms with Crippen LogP contribution in [0.2, 0.25) is 0 Å². The topological polar surface area (TPSA) is 35.2 Å². The molecule has 2 N–H and O–H groups in total. The van der Waals surface area contributed by atoms with Crippen LogP contribution in [0.5, 0.6) is 0 Å². The SMILES string of the molecule is CC(C)(C#Cc1ccc(F)c(N)c1)COCc1ccccc1. The Morgan fingerprint density at radius 2 is 1.86 bits per heavy atom. The minimum atomic E-state index is -0.420. The number of hydrogen-bond acceptors (Lipinski definition) is 2. The van der Waals surface area contributed by atoms with Crippen molar-refractivity contribution < 1.29 is 9.13 Å². The van der Waals surface area contributed by atoms with Crippen LogP contribution in [0.1, 0.15) is 25.0 Å². The van der Waals surface area contributed by atoms with Crippen molar-refractivity contribution in [2.45, 2.75) is 20.5 Å².